The molecule has 2 atom stereocenters. The second-order valence-electron chi connectivity index (χ2n) is 5.48. The van der Waals surface area contributed by atoms with Gasteiger partial charge in [0.05, 0.1) is 11.9 Å². The van der Waals surface area contributed by atoms with Crippen LogP contribution in [0.15, 0.2) is 0 Å². The summed E-state index contributed by atoms with van der Waals surface area (Å²) < 4.78 is 31.9. The summed E-state index contributed by atoms with van der Waals surface area (Å²) in [7, 11) is -1.50. The summed E-state index contributed by atoms with van der Waals surface area (Å²) in [6, 6.07) is -0.00779. The number of ether oxygens (including phenoxy) is 1. The van der Waals surface area contributed by atoms with Crippen LogP contribution in [0.3, 0.4) is 0 Å². The van der Waals surface area contributed by atoms with Gasteiger partial charge in [-0.1, -0.05) is 20.8 Å². The number of sulfonamides is 1. The molecule has 5 nitrogen and oxygen atoms in total. The van der Waals surface area contributed by atoms with Crippen LogP contribution in [0.25, 0.3) is 0 Å². The van der Waals surface area contributed by atoms with Gasteiger partial charge in [-0.25, -0.2) is 13.1 Å². The fraction of sp³-hybridized carbons (Fsp3) is 1.00. The van der Waals surface area contributed by atoms with Gasteiger partial charge >= 0.3 is 0 Å². The molecule has 1 saturated carbocycles. The van der Waals surface area contributed by atoms with E-state index in [2.05, 4.69) is 10.0 Å². The normalized spacial score (nSPS) is 26.9. The molecule has 2 unspecified atom stereocenters. The minimum Gasteiger partial charge on any atom is -0.381 e. The second kappa shape index (κ2) is 6.32. The van der Waals surface area contributed by atoms with E-state index >= 15 is 0 Å². The average Bonchev–Trinajstić information content (AvgIpc) is 2.29. The molecule has 0 aromatic rings. The molecule has 0 aliphatic heterocycles. The lowest BCUT2D eigenvalue weighted by atomic mass is 9.65. The van der Waals surface area contributed by atoms with Gasteiger partial charge in [0.25, 0.3) is 0 Å². The average molecular weight is 278 g/mol. The Hall–Kier alpha value is -0.170. The third kappa shape index (κ3) is 3.91. The third-order valence-electron chi connectivity index (χ3n) is 3.80. The summed E-state index contributed by atoms with van der Waals surface area (Å²) >= 11 is 0. The van der Waals surface area contributed by atoms with Gasteiger partial charge in [-0.05, 0) is 25.9 Å². The predicted molar refractivity (Wildman–Crippen MR) is 73.1 cm³/mol. The standard InChI is InChI=1S/C12H26N2O3S/c1-5-13-7-6-8-18(15,16)14-10-9-11(17-4)12(10,2)3/h10-11,13-14H,5-9H2,1-4H3. The van der Waals surface area contributed by atoms with Crippen LogP contribution >= 0.6 is 0 Å². The van der Waals surface area contributed by atoms with E-state index in [9.17, 15) is 8.42 Å². The van der Waals surface area contributed by atoms with E-state index in [1.54, 1.807) is 7.11 Å². The van der Waals surface area contributed by atoms with Crippen molar-refractivity contribution in [3.05, 3.63) is 0 Å². The molecule has 0 spiro atoms. The molecule has 18 heavy (non-hydrogen) atoms. The van der Waals surface area contributed by atoms with Gasteiger partial charge in [-0.3, -0.25) is 0 Å². The molecule has 0 aromatic carbocycles. The van der Waals surface area contributed by atoms with E-state index in [0.717, 1.165) is 19.5 Å². The first-order valence-corrected chi connectivity index (χ1v) is 8.22. The van der Waals surface area contributed by atoms with Crippen molar-refractivity contribution in [3.8, 4) is 0 Å². The predicted octanol–water partition coefficient (Wildman–Crippen LogP) is 0.719. The van der Waals surface area contributed by atoms with Crippen LogP contribution in [0.5, 0.6) is 0 Å². The van der Waals surface area contributed by atoms with Crippen molar-refractivity contribution in [1.29, 1.82) is 0 Å². The van der Waals surface area contributed by atoms with Crippen molar-refractivity contribution < 1.29 is 13.2 Å². The monoisotopic (exact) mass is 278 g/mol. The van der Waals surface area contributed by atoms with Crippen LogP contribution in [-0.2, 0) is 14.8 Å². The molecule has 1 aliphatic carbocycles. The molecule has 0 amide bonds. The lowest BCUT2D eigenvalue weighted by molar-refractivity contribution is -0.0908. The van der Waals surface area contributed by atoms with E-state index in [-0.39, 0.29) is 23.3 Å². The maximum Gasteiger partial charge on any atom is 0.211 e. The zero-order chi connectivity index (χ0) is 13.8. The maximum atomic E-state index is 11.9. The van der Waals surface area contributed by atoms with Crippen molar-refractivity contribution >= 4 is 10.0 Å². The first-order chi connectivity index (χ1) is 8.33. The molecule has 1 aliphatic rings. The highest BCUT2D eigenvalue weighted by atomic mass is 32.2. The molecule has 108 valence electrons. The molecule has 0 heterocycles. The van der Waals surface area contributed by atoms with Crippen molar-refractivity contribution in [3.63, 3.8) is 0 Å². The fourth-order valence-electron chi connectivity index (χ4n) is 2.33. The number of rotatable bonds is 8. The fourth-order valence-corrected chi connectivity index (χ4v) is 3.80. The van der Waals surface area contributed by atoms with E-state index in [1.807, 2.05) is 20.8 Å². The Kier molecular flexibility index (Phi) is 5.58. The van der Waals surface area contributed by atoms with Gasteiger partial charge in [-0.15, -0.1) is 0 Å². The summed E-state index contributed by atoms with van der Waals surface area (Å²) in [5.41, 5.74) is -0.122. The largest absolute Gasteiger partial charge is 0.381 e. The number of hydrogen-bond acceptors (Lipinski definition) is 4. The van der Waals surface area contributed by atoms with Crippen LogP contribution in [-0.4, -0.2) is 46.5 Å². The highest BCUT2D eigenvalue weighted by molar-refractivity contribution is 7.89. The van der Waals surface area contributed by atoms with E-state index in [4.69, 9.17) is 4.74 Å². The van der Waals surface area contributed by atoms with Gasteiger partial charge in [0.15, 0.2) is 0 Å². The zero-order valence-corrected chi connectivity index (χ0v) is 12.6. The Labute approximate surface area is 111 Å². The molecular formula is C12H26N2O3S. The Morgan fingerprint density at radius 1 is 1.39 bits per heavy atom. The Balaban J connectivity index is 2.38. The minimum atomic E-state index is -3.17. The highest BCUT2D eigenvalue weighted by Gasteiger charge is 2.49. The summed E-state index contributed by atoms with van der Waals surface area (Å²) in [4.78, 5) is 0. The first-order valence-electron chi connectivity index (χ1n) is 6.57. The molecule has 1 rings (SSSR count). The Morgan fingerprint density at radius 3 is 2.56 bits per heavy atom. The van der Waals surface area contributed by atoms with Gasteiger partial charge in [0.1, 0.15) is 0 Å². The van der Waals surface area contributed by atoms with Crippen molar-refractivity contribution in [2.75, 3.05) is 26.0 Å². The molecule has 6 heteroatoms. The quantitative estimate of drug-likeness (QED) is 0.642. The summed E-state index contributed by atoms with van der Waals surface area (Å²) in [6.45, 7) is 7.70. The van der Waals surface area contributed by atoms with Gasteiger partial charge in [0, 0.05) is 18.6 Å². The summed E-state index contributed by atoms with van der Waals surface area (Å²) in [5.74, 6) is 0.185. The Morgan fingerprint density at radius 2 is 2.06 bits per heavy atom. The maximum absolute atomic E-state index is 11.9. The molecule has 0 aromatic heterocycles. The summed E-state index contributed by atoms with van der Waals surface area (Å²) in [5, 5.41) is 3.12. The lowest BCUT2D eigenvalue weighted by Gasteiger charge is -2.51. The molecule has 2 N–H and O–H groups in total. The first kappa shape index (κ1) is 15.9. The second-order valence-corrected chi connectivity index (χ2v) is 7.35. The van der Waals surface area contributed by atoms with Crippen molar-refractivity contribution in [2.45, 2.75) is 45.8 Å². The minimum absolute atomic E-state index is 0.00779. The number of methoxy groups -OCH3 is 1. The van der Waals surface area contributed by atoms with E-state index < -0.39 is 10.0 Å². The Bertz CT molecular complexity index is 354. The van der Waals surface area contributed by atoms with Gasteiger partial charge in [0.2, 0.25) is 10.0 Å². The van der Waals surface area contributed by atoms with Crippen molar-refractivity contribution in [1.82, 2.24) is 10.0 Å². The van der Waals surface area contributed by atoms with Gasteiger partial charge < -0.3 is 10.1 Å². The van der Waals surface area contributed by atoms with Crippen molar-refractivity contribution in [2.24, 2.45) is 5.41 Å². The number of hydrogen-bond donors (Lipinski definition) is 2. The summed E-state index contributed by atoms with van der Waals surface area (Å²) in [6.07, 6.45) is 1.55. The topological polar surface area (TPSA) is 67.4 Å². The highest BCUT2D eigenvalue weighted by Crippen LogP contribution is 2.42. The molecule has 0 saturated heterocycles. The number of nitrogens with one attached hydrogen (secondary N) is 2. The molecular weight excluding hydrogens is 252 g/mol. The van der Waals surface area contributed by atoms with Crippen LogP contribution in [0, 0.1) is 5.41 Å². The smallest absolute Gasteiger partial charge is 0.211 e. The molecule has 1 fully saturated rings. The van der Waals surface area contributed by atoms with Crippen LogP contribution < -0.4 is 10.0 Å². The van der Waals surface area contributed by atoms with E-state index in [1.165, 1.54) is 0 Å². The SMILES string of the molecule is CCNCCCS(=O)(=O)NC1CC(OC)C1(C)C. The van der Waals surface area contributed by atoms with Crippen LogP contribution in [0.2, 0.25) is 0 Å². The molecule has 0 radical (unpaired) electrons. The zero-order valence-electron chi connectivity index (χ0n) is 11.8. The van der Waals surface area contributed by atoms with Gasteiger partial charge in [-0.2, -0.15) is 0 Å². The van der Waals surface area contributed by atoms with E-state index in [0.29, 0.717) is 6.42 Å². The lowest BCUT2D eigenvalue weighted by Crippen LogP contribution is -2.61. The third-order valence-corrected chi connectivity index (χ3v) is 5.27. The molecule has 0 bridgehead atoms. The van der Waals surface area contributed by atoms with Crippen LogP contribution in [0.4, 0.5) is 0 Å². The van der Waals surface area contributed by atoms with Crippen LogP contribution in [0.1, 0.15) is 33.6 Å².